The van der Waals surface area contributed by atoms with Gasteiger partial charge in [0.1, 0.15) is 18.0 Å². The zero-order chi connectivity index (χ0) is 14.5. The molecule has 1 saturated heterocycles. The molecular weight excluding hydrogens is 264 g/mol. The highest BCUT2D eigenvalue weighted by Crippen LogP contribution is 2.20. The molecule has 1 aliphatic heterocycles. The van der Waals surface area contributed by atoms with Crippen molar-refractivity contribution >= 4 is 11.6 Å². The lowest BCUT2D eigenvalue weighted by atomic mass is 10.1. The molecule has 0 aliphatic carbocycles. The topological polar surface area (TPSA) is 61.3 Å². The van der Waals surface area contributed by atoms with Crippen molar-refractivity contribution in [2.45, 2.75) is 26.0 Å². The molecule has 110 valence electrons. The molecule has 1 aromatic heterocycles. The summed E-state index contributed by atoms with van der Waals surface area (Å²) in [5.74, 6) is 1.81. The zero-order valence-electron chi connectivity index (χ0n) is 12.0. The third kappa shape index (κ3) is 3.31. The van der Waals surface area contributed by atoms with Crippen LogP contribution in [0.5, 0.6) is 0 Å². The molecule has 21 heavy (non-hydrogen) atoms. The molecule has 5 nitrogen and oxygen atoms in total. The number of hydrogen-bond acceptors (Lipinski definition) is 5. The molecule has 5 heteroatoms. The van der Waals surface area contributed by atoms with Crippen LogP contribution in [-0.4, -0.2) is 28.2 Å². The summed E-state index contributed by atoms with van der Waals surface area (Å²) >= 11 is 0. The lowest BCUT2D eigenvalue weighted by Gasteiger charge is -2.17. The molecule has 0 amide bonds. The maximum atomic E-state index is 9.34. The number of aliphatic hydroxyl groups excluding tert-OH is 1. The molecule has 0 radical (unpaired) electrons. The van der Waals surface area contributed by atoms with Crippen molar-refractivity contribution in [2.24, 2.45) is 0 Å². The second kappa shape index (κ2) is 6.54. The van der Waals surface area contributed by atoms with E-state index in [9.17, 15) is 5.11 Å². The van der Waals surface area contributed by atoms with Crippen LogP contribution in [0.15, 0.2) is 36.7 Å². The Morgan fingerprint density at radius 2 is 1.86 bits per heavy atom. The predicted octanol–water partition coefficient (Wildman–Crippen LogP) is 2.18. The third-order valence-corrected chi connectivity index (χ3v) is 3.83. The van der Waals surface area contributed by atoms with Crippen molar-refractivity contribution in [3.8, 4) is 0 Å². The van der Waals surface area contributed by atoms with E-state index in [1.165, 1.54) is 12.8 Å². The lowest BCUT2D eigenvalue weighted by Crippen LogP contribution is -2.19. The second-order valence-electron chi connectivity index (χ2n) is 5.24. The molecule has 1 aliphatic rings. The number of anilines is 2. The third-order valence-electron chi connectivity index (χ3n) is 3.83. The fraction of sp³-hybridized carbons (Fsp3) is 0.375. The molecule has 0 bridgehead atoms. The van der Waals surface area contributed by atoms with Gasteiger partial charge in [-0.1, -0.05) is 24.3 Å². The number of benzene rings is 1. The highest BCUT2D eigenvalue weighted by atomic mass is 16.3. The van der Waals surface area contributed by atoms with E-state index in [0.717, 1.165) is 35.9 Å². The minimum absolute atomic E-state index is 0.0562. The standard InChI is InChI=1S/C16H20N4O/c21-11-14-6-2-1-5-13(14)10-17-15-9-16(19-12-18-15)20-7-3-4-8-20/h1-2,5-6,9,12,21H,3-4,7-8,10-11H2,(H,17,18,19). The first kappa shape index (κ1) is 13.8. The molecule has 3 rings (SSSR count). The number of hydrogen-bond donors (Lipinski definition) is 2. The number of nitrogens with zero attached hydrogens (tertiary/aromatic N) is 3. The highest BCUT2D eigenvalue weighted by Gasteiger charge is 2.13. The largest absolute Gasteiger partial charge is 0.392 e. The maximum Gasteiger partial charge on any atom is 0.134 e. The monoisotopic (exact) mass is 284 g/mol. The van der Waals surface area contributed by atoms with E-state index < -0.39 is 0 Å². The second-order valence-corrected chi connectivity index (χ2v) is 5.24. The average molecular weight is 284 g/mol. The molecule has 0 atom stereocenters. The summed E-state index contributed by atoms with van der Waals surface area (Å²) in [5, 5.41) is 12.7. The van der Waals surface area contributed by atoms with Crippen LogP contribution < -0.4 is 10.2 Å². The molecule has 1 aromatic carbocycles. The van der Waals surface area contributed by atoms with Gasteiger partial charge in [-0.15, -0.1) is 0 Å². The summed E-state index contributed by atoms with van der Waals surface area (Å²) in [7, 11) is 0. The van der Waals surface area contributed by atoms with E-state index >= 15 is 0 Å². The van der Waals surface area contributed by atoms with Gasteiger partial charge in [0.2, 0.25) is 0 Å². The van der Waals surface area contributed by atoms with Gasteiger partial charge in [0.05, 0.1) is 6.61 Å². The van der Waals surface area contributed by atoms with Gasteiger partial charge in [0.25, 0.3) is 0 Å². The van der Waals surface area contributed by atoms with Crippen molar-refractivity contribution in [2.75, 3.05) is 23.3 Å². The fourth-order valence-corrected chi connectivity index (χ4v) is 2.63. The van der Waals surface area contributed by atoms with Crippen LogP contribution in [0.25, 0.3) is 0 Å². The van der Waals surface area contributed by atoms with Gasteiger partial charge < -0.3 is 15.3 Å². The Hall–Kier alpha value is -2.14. The highest BCUT2D eigenvalue weighted by molar-refractivity contribution is 5.49. The predicted molar refractivity (Wildman–Crippen MR) is 83.2 cm³/mol. The Morgan fingerprint density at radius 3 is 2.62 bits per heavy atom. The maximum absolute atomic E-state index is 9.34. The number of nitrogens with one attached hydrogen (secondary N) is 1. The Balaban J connectivity index is 1.69. The number of aromatic nitrogens is 2. The van der Waals surface area contributed by atoms with Crippen LogP contribution in [0.2, 0.25) is 0 Å². The van der Waals surface area contributed by atoms with Gasteiger partial charge in [-0.3, -0.25) is 0 Å². The van der Waals surface area contributed by atoms with Crippen molar-refractivity contribution < 1.29 is 5.11 Å². The van der Waals surface area contributed by atoms with Crippen molar-refractivity contribution in [3.05, 3.63) is 47.8 Å². The summed E-state index contributed by atoms with van der Waals surface area (Å²) < 4.78 is 0. The fourth-order valence-electron chi connectivity index (χ4n) is 2.63. The summed E-state index contributed by atoms with van der Waals surface area (Å²) in [5.41, 5.74) is 2.03. The molecule has 0 spiro atoms. The summed E-state index contributed by atoms with van der Waals surface area (Å²) in [4.78, 5) is 10.9. The molecule has 0 unspecified atom stereocenters. The smallest absolute Gasteiger partial charge is 0.134 e. The minimum Gasteiger partial charge on any atom is -0.392 e. The first-order valence-corrected chi connectivity index (χ1v) is 7.35. The molecular formula is C16H20N4O. The van der Waals surface area contributed by atoms with E-state index in [2.05, 4.69) is 20.2 Å². The summed E-state index contributed by atoms with van der Waals surface area (Å²) in [6, 6.07) is 9.86. The van der Waals surface area contributed by atoms with Crippen LogP contribution in [0.1, 0.15) is 24.0 Å². The zero-order valence-corrected chi connectivity index (χ0v) is 12.0. The van der Waals surface area contributed by atoms with E-state index in [4.69, 9.17) is 0 Å². The van der Waals surface area contributed by atoms with E-state index in [0.29, 0.717) is 6.54 Å². The van der Waals surface area contributed by atoms with E-state index in [1.54, 1.807) is 6.33 Å². The Morgan fingerprint density at radius 1 is 1.10 bits per heavy atom. The molecule has 2 aromatic rings. The van der Waals surface area contributed by atoms with Crippen LogP contribution in [0.4, 0.5) is 11.6 Å². The number of rotatable bonds is 5. The first-order chi connectivity index (χ1) is 10.4. The molecule has 2 N–H and O–H groups in total. The Labute approximate surface area is 124 Å². The van der Waals surface area contributed by atoms with Gasteiger partial charge in [-0.2, -0.15) is 0 Å². The lowest BCUT2D eigenvalue weighted by molar-refractivity contribution is 0.280. The SMILES string of the molecule is OCc1ccccc1CNc1cc(N2CCCC2)ncn1. The van der Waals surface area contributed by atoms with E-state index in [-0.39, 0.29) is 6.61 Å². The van der Waals surface area contributed by atoms with Gasteiger partial charge >= 0.3 is 0 Å². The van der Waals surface area contributed by atoms with E-state index in [1.807, 2.05) is 30.3 Å². The summed E-state index contributed by atoms with van der Waals surface area (Å²) in [6.07, 6.45) is 4.07. The first-order valence-electron chi connectivity index (χ1n) is 7.35. The van der Waals surface area contributed by atoms with Crippen molar-refractivity contribution in [1.29, 1.82) is 0 Å². The van der Waals surface area contributed by atoms with Gasteiger partial charge in [-0.25, -0.2) is 9.97 Å². The normalized spacial score (nSPS) is 14.4. The van der Waals surface area contributed by atoms with Crippen molar-refractivity contribution in [1.82, 2.24) is 9.97 Å². The average Bonchev–Trinajstić information content (AvgIpc) is 3.08. The molecule has 1 fully saturated rings. The minimum atomic E-state index is 0.0562. The number of aliphatic hydroxyl groups is 1. The van der Waals surface area contributed by atoms with Gasteiger partial charge in [0.15, 0.2) is 0 Å². The Kier molecular flexibility index (Phi) is 4.31. The van der Waals surface area contributed by atoms with Gasteiger partial charge in [0, 0.05) is 25.7 Å². The molecule has 2 heterocycles. The Bertz CT molecular complexity index is 596. The van der Waals surface area contributed by atoms with Crippen LogP contribution in [0, 0.1) is 0 Å². The van der Waals surface area contributed by atoms with Crippen LogP contribution in [0.3, 0.4) is 0 Å². The van der Waals surface area contributed by atoms with Crippen molar-refractivity contribution in [3.63, 3.8) is 0 Å². The van der Waals surface area contributed by atoms with Crippen LogP contribution in [-0.2, 0) is 13.2 Å². The molecule has 0 saturated carbocycles. The quantitative estimate of drug-likeness (QED) is 0.881. The van der Waals surface area contributed by atoms with Crippen LogP contribution >= 0.6 is 0 Å². The van der Waals surface area contributed by atoms with Gasteiger partial charge in [-0.05, 0) is 24.0 Å². The summed E-state index contributed by atoms with van der Waals surface area (Å²) in [6.45, 7) is 2.85.